The van der Waals surface area contributed by atoms with E-state index in [0.29, 0.717) is 23.1 Å². The van der Waals surface area contributed by atoms with Crippen LogP contribution in [0.3, 0.4) is 0 Å². The first-order valence-electron chi connectivity index (χ1n) is 5.48. The van der Waals surface area contributed by atoms with Gasteiger partial charge in [0.15, 0.2) is 11.5 Å². The zero-order valence-corrected chi connectivity index (χ0v) is 10.00. The van der Waals surface area contributed by atoms with E-state index in [1.165, 1.54) is 0 Å². The fourth-order valence-electron chi connectivity index (χ4n) is 1.69. The van der Waals surface area contributed by atoms with Crippen molar-refractivity contribution in [1.82, 2.24) is 4.98 Å². The summed E-state index contributed by atoms with van der Waals surface area (Å²) in [4.78, 5) is 4.40. The van der Waals surface area contributed by atoms with Gasteiger partial charge in [-0.05, 0) is 24.6 Å². The largest absolute Gasteiger partial charge is 0.439 e. The Kier molecular flexibility index (Phi) is 3.46. The Bertz CT molecular complexity index is 477. The van der Waals surface area contributed by atoms with Crippen molar-refractivity contribution in [3.63, 3.8) is 0 Å². The number of fused-ring (bicyclic) bond motifs is 1. The lowest BCUT2D eigenvalue weighted by atomic mass is 10.0. The van der Waals surface area contributed by atoms with E-state index in [4.69, 9.17) is 21.8 Å². The molecule has 0 spiro atoms. The number of benzene rings is 1. The molecular formula is C12H15ClN2O. The number of hydrogen-bond donors (Lipinski definition) is 1. The maximum Gasteiger partial charge on any atom is 0.195 e. The third-order valence-electron chi connectivity index (χ3n) is 2.79. The van der Waals surface area contributed by atoms with Gasteiger partial charge in [0.1, 0.15) is 5.52 Å². The topological polar surface area (TPSA) is 52.0 Å². The summed E-state index contributed by atoms with van der Waals surface area (Å²) in [6.45, 7) is 2.77. The van der Waals surface area contributed by atoms with Crippen LogP contribution in [0.15, 0.2) is 22.6 Å². The van der Waals surface area contributed by atoms with Gasteiger partial charge in [-0.3, -0.25) is 0 Å². The number of nitrogens with zero attached hydrogens (tertiary/aromatic N) is 1. The van der Waals surface area contributed by atoms with E-state index in [1.807, 2.05) is 12.1 Å². The molecule has 4 heteroatoms. The highest BCUT2D eigenvalue weighted by Gasteiger charge is 2.12. The zero-order chi connectivity index (χ0) is 11.5. The minimum absolute atomic E-state index is 0.423. The number of hydrogen-bond acceptors (Lipinski definition) is 3. The summed E-state index contributed by atoms with van der Waals surface area (Å²) in [6.07, 6.45) is 1.81. The van der Waals surface area contributed by atoms with Crippen LogP contribution in [0.4, 0.5) is 0 Å². The molecule has 16 heavy (non-hydrogen) atoms. The number of halogens is 1. The van der Waals surface area contributed by atoms with E-state index in [-0.39, 0.29) is 0 Å². The third-order valence-corrected chi connectivity index (χ3v) is 3.08. The minimum atomic E-state index is 0.423. The summed E-state index contributed by atoms with van der Waals surface area (Å²) < 4.78 is 5.63. The van der Waals surface area contributed by atoms with Gasteiger partial charge < -0.3 is 10.2 Å². The van der Waals surface area contributed by atoms with E-state index in [9.17, 15) is 0 Å². The lowest BCUT2D eigenvalue weighted by Gasteiger charge is -2.07. The predicted octanol–water partition coefficient (Wildman–Crippen LogP) is 3.01. The standard InChI is InChI=1S/C12H15ClN2O/c1-2-8(7-14)6-11-15-10-5-3-4-9(13)12(10)16-11/h3-5,8H,2,6-7,14H2,1H3. The second-order valence-corrected chi connectivity index (χ2v) is 4.32. The van der Waals surface area contributed by atoms with Crippen LogP contribution in [0.1, 0.15) is 19.2 Å². The van der Waals surface area contributed by atoms with E-state index >= 15 is 0 Å². The average Bonchev–Trinajstić information content (AvgIpc) is 2.70. The molecule has 0 aliphatic carbocycles. The molecule has 86 valence electrons. The average molecular weight is 239 g/mol. The van der Waals surface area contributed by atoms with Crippen molar-refractivity contribution in [2.45, 2.75) is 19.8 Å². The molecule has 1 aromatic carbocycles. The van der Waals surface area contributed by atoms with Gasteiger partial charge in [0.2, 0.25) is 0 Å². The van der Waals surface area contributed by atoms with Gasteiger partial charge in [0.25, 0.3) is 0 Å². The first kappa shape index (κ1) is 11.4. The van der Waals surface area contributed by atoms with Crippen molar-refractivity contribution in [3.8, 4) is 0 Å². The monoisotopic (exact) mass is 238 g/mol. The molecule has 1 unspecified atom stereocenters. The van der Waals surface area contributed by atoms with Crippen molar-refractivity contribution in [2.24, 2.45) is 11.7 Å². The Morgan fingerprint density at radius 1 is 1.50 bits per heavy atom. The molecule has 1 atom stereocenters. The van der Waals surface area contributed by atoms with E-state index in [1.54, 1.807) is 6.07 Å². The maximum atomic E-state index is 6.02. The summed E-state index contributed by atoms with van der Waals surface area (Å²) in [5.74, 6) is 1.15. The zero-order valence-electron chi connectivity index (χ0n) is 9.24. The number of oxazole rings is 1. The molecule has 1 heterocycles. The van der Waals surface area contributed by atoms with E-state index in [0.717, 1.165) is 24.2 Å². The molecule has 0 aliphatic heterocycles. The van der Waals surface area contributed by atoms with Crippen molar-refractivity contribution in [2.75, 3.05) is 6.54 Å². The Morgan fingerprint density at radius 2 is 2.31 bits per heavy atom. The first-order chi connectivity index (χ1) is 7.74. The molecule has 2 N–H and O–H groups in total. The number of nitrogens with two attached hydrogens (primary N) is 1. The Labute approximate surface area is 99.6 Å². The molecular weight excluding hydrogens is 224 g/mol. The van der Waals surface area contributed by atoms with Crippen molar-refractivity contribution >= 4 is 22.7 Å². The van der Waals surface area contributed by atoms with E-state index in [2.05, 4.69) is 11.9 Å². The molecule has 0 bridgehead atoms. The van der Waals surface area contributed by atoms with Gasteiger partial charge in [-0.1, -0.05) is 31.0 Å². The fraction of sp³-hybridized carbons (Fsp3) is 0.417. The van der Waals surface area contributed by atoms with Crippen LogP contribution in [-0.4, -0.2) is 11.5 Å². The third kappa shape index (κ3) is 2.20. The Balaban J connectivity index is 2.29. The molecule has 3 nitrogen and oxygen atoms in total. The number of rotatable bonds is 4. The van der Waals surface area contributed by atoms with Crippen molar-refractivity contribution < 1.29 is 4.42 Å². The van der Waals surface area contributed by atoms with Gasteiger partial charge in [0, 0.05) is 6.42 Å². The predicted molar refractivity (Wildman–Crippen MR) is 65.6 cm³/mol. The molecule has 1 aromatic heterocycles. The Hall–Kier alpha value is -1.06. The summed E-state index contributed by atoms with van der Waals surface area (Å²) in [5.41, 5.74) is 7.15. The molecule has 2 rings (SSSR count). The van der Waals surface area contributed by atoms with Gasteiger partial charge in [0.05, 0.1) is 5.02 Å². The van der Waals surface area contributed by atoms with E-state index < -0.39 is 0 Å². The molecule has 0 fully saturated rings. The molecule has 0 aliphatic rings. The van der Waals surface area contributed by atoms with Gasteiger partial charge in [-0.2, -0.15) is 0 Å². The molecule has 0 saturated heterocycles. The van der Waals surface area contributed by atoms with Gasteiger partial charge in [-0.15, -0.1) is 0 Å². The summed E-state index contributed by atoms with van der Waals surface area (Å²) in [5, 5.41) is 0.608. The maximum absolute atomic E-state index is 6.02. The smallest absolute Gasteiger partial charge is 0.195 e. The molecule has 2 aromatic rings. The summed E-state index contributed by atoms with van der Waals surface area (Å²) in [6, 6.07) is 5.58. The highest BCUT2D eigenvalue weighted by molar-refractivity contribution is 6.34. The minimum Gasteiger partial charge on any atom is -0.439 e. The second kappa shape index (κ2) is 4.85. The van der Waals surface area contributed by atoms with Crippen LogP contribution in [0, 0.1) is 5.92 Å². The van der Waals surface area contributed by atoms with Crippen LogP contribution in [0.5, 0.6) is 0 Å². The van der Waals surface area contributed by atoms with Crippen LogP contribution < -0.4 is 5.73 Å². The first-order valence-corrected chi connectivity index (χ1v) is 5.86. The van der Waals surface area contributed by atoms with Crippen molar-refractivity contribution in [1.29, 1.82) is 0 Å². The van der Waals surface area contributed by atoms with Crippen LogP contribution >= 0.6 is 11.6 Å². The Morgan fingerprint density at radius 3 is 2.94 bits per heavy atom. The van der Waals surface area contributed by atoms with Gasteiger partial charge >= 0.3 is 0 Å². The summed E-state index contributed by atoms with van der Waals surface area (Å²) >= 11 is 6.02. The number of aromatic nitrogens is 1. The summed E-state index contributed by atoms with van der Waals surface area (Å²) in [7, 11) is 0. The van der Waals surface area contributed by atoms with Crippen LogP contribution in [0.2, 0.25) is 5.02 Å². The van der Waals surface area contributed by atoms with Crippen LogP contribution in [-0.2, 0) is 6.42 Å². The lowest BCUT2D eigenvalue weighted by molar-refractivity contribution is 0.438. The molecule has 0 radical (unpaired) electrons. The second-order valence-electron chi connectivity index (χ2n) is 3.91. The lowest BCUT2D eigenvalue weighted by Crippen LogP contribution is -2.15. The van der Waals surface area contributed by atoms with Crippen LogP contribution in [0.25, 0.3) is 11.1 Å². The molecule has 0 amide bonds. The normalized spacial score (nSPS) is 13.2. The highest BCUT2D eigenvalue weighted by atomic mass is 35.5. The number of para-hydroxylation sites is 1. The fourth-order valence-corrected chi connectivity index (χ4v) is 1.90. The highest BCUT2D eigenvalue weighted by Crippen LogP contribution is 2.25. The van der Waals surface area contributed by atoms with Gasteiger partial charge in [-0.25, -0.2) is 4.98 Å². The van der Waals surface area contributed by atoms with Crippen molar-refractivity contribution in [3.05, 3.63) is 29.1 Å². The SMILES string of the molecule is CCC(CN)Cc1nc2cccc(Cl)c2o1. The molecule has 0 saturated carbocycles. The quantitative estimate of drug-likeness (QED) is 0.891.